The van der Waals surface area contributed by atoms with Crippen molar-refractivity contribution < 1.29 is 9.18 Å². The topological polar surface area (TPSA) is 39.2 Å². The number of piperazine rings is 1. The summed E-state index contributed by atoms with van der Waals surface area (Å²) in [5.74, 6) is -0.198. The molecule has 2 heterocycles. The molecule has 36 heavy (non-hydrogen) atoms. The van der Waals surface area contributed by atoms with Crippen LogP contribution < -0.4 is 4.90 Å². The van der Waals surface area contributed by atoms with Gasteiger partial charge in [-0.05, 0) is 49.6 Å². The molecule has 0 spiro atoms. The molecule has 0 unspecified atom stereocenters. The third kappa shape index (κ3) is 5.05. The number of rotatable bonds is 5. The molecule has 1 atom stereocenters. The van der Waals surface area contributed by atoms with Gasteiger partial charge < -0.3 is 4.90 Å². The van der Waals surface area contributed by atoms with Crippen molar-refractivity contribution in [2.75, 3.05) is 37.6 Å². The summed E-state index contributed by atoms with van der Waals surface area (Å²) < 4.78 is 14.2. The third-order valence-electron chi connectivity index (χ3n) is 7.24. The first kappa shape index (κ1) is 24.2. The number of hydrogen-bond acceptors (Lipinski definition) is 4. The van der Waals surface area contributed by atoms with Crippen molar-refractivity contribution in [3.05, 3.63) is 100 Å². The number of aryl methyl sites for hydroxylation is 3. The number of benzene rings is 3. The molecule has 0 radical (unpaired) electrons. The van der Waals surface area contributed by atoms with Gasteiger partial charge in [-0.1, -0.05) is 65.7 Å². The van der Waals surface area contributed by atoms with E-state index in [1.54, 1.807) is 11.1 Å². The quantitative estimate of drug-likeness (QED) is 0.497. The van der Waals surface area contributed by atoms with E-state index in [1.807, 2.05) is 18.2 Å². The molecule has 3 aromatic rings. The lowest BCUT2D eigenvalue weighted by molar-refractivity contribution is -0.134. The number of carbonyl (C=O) groups is 1. The number of amides is 1. The Morgan fingerprint density at radius 3 is 2.42 bits per heavy atom. The van der Waals surface area contributed by atoms with Crippen LogP contribution in [0.25, 0.3) is 0 Å². The fourth-order valence-electron chi connectivity index (χ4n) is 5.22. The van der Waals surface area contributed by atoms with Crippen LogP contribution in [0.15, 0.2) is 71.8 Å². The van der Waals surface area contributed by atoms with Gasteiger partial charge in [0.25, 0.3) is 5.91 Å². The molecule has 0 saturated carbocycles. The molecule has 0 aliphatic carbocycles. The summed E-state index contributed by atoms with van der Waals surface area (Å²) in [6.07, 6.45) is 0.695. The van der Waals surface area contributed by atoms with Crippen LogP contribution in [0, 0.1) is 26.6 Å². The molecule has 5 nitrogen and oxygen atoms in total. The van der Waals surface area contributed by atoms with Gasteiger partial charge >= 0.3 is 0 Å². The monoisotopic (exact) mass is 484 g/mol. The van der Waals surface area contributed by atoms with Crippen LogP contribution in [0.4, 0.5) is 10.1 Å². The zero-order chi connectivity index (χ0) is 25.2. The lowest BCUT2D eigenvalue weighted by Crippen LogP contribution is -2.49. The Morgan fingerprint density at radius 2 is 1.67 bits per heavy atom. The molecule has 0 N–H and O–H groups in total. The van der Waals surface area contributed by atoms with E-state index in [0.717, 1.165) is 16.8 Å². The fraction of sp³-hybridized carbons (Fsp3) is 0.333. The van der Waals surface area contributed by atoms with Crippen molar-refractivity contribution in [2.24, 2.45) is 5.10 Å². The summed E-state index contributed by atoms with van der Waals surface area (Å²) in [5, 5.41) is 6.59. The molecule has 5 rings (SSSR count). The number of carbonyl (C=O) groups excluding carboxylic acids is 1. The minimum Gasteiger partial charge on any atom is -0.367 e. The summed E-state index contributed by atoms with van der Waals surface area (Å²) in [5.41, 5.74) is 7.32. The van der Waals surface area contributed by atoms with Crippen molar-refractivity contribution >= 4 is 17.3 Å². The van der Waals surface area contributed by atoms with Crippen molar-refractivity contribution in [1.29, 1.82) is 0 Å². The second kappa shape index (κ2) is 10.2. The summed E-state index contributed by atoms with van der Waals surface area (Å²) in [4.78, 5) is 17.9. The van der Waals surface area contributed by atoms with Gasteiger partial charge in [-0.25, -0.2) is 9.40 Å². The largest absolute Gasteiger partial charge is 0.367 e. The van der Waals surface area contributed by atoms with Crippen LogP contribution in [0.1, 0.15) is 40.3 Å². The maximum Gasteiger partial charge on any atom is 0.257 e. The second-order valence-electron chi connectivity index (χ2n) is 9.95. The number of para-hydroxylation sites is 1. The summed E-state index contributed by atoms with van der Waals surface area (Å²) in [7, 11) is 0. The number of halogens is 1. The highest BCUT2D eigenvalue weighted by Crippen LogP contribution is 2.35. The van der Waals surface area contributed by atoms with E-state index >= 15 is 0 Å². The first-order chi connectivity index (χ1) is 17.4. The van der Waals surface area contributed by atoms with E-state index in [-0.39, 0.29) is 17.8 Å². The van der Waals surface area contributed by atoms with Gasteiger partial charge in [0, 0.05) is 32.6 Å². The fourth-order valence-corrected chi connectivity index (χ4v) is 5.22. The first-order valence-corrected chi connectivity index (χ1v) is 12.6. The first-order valence-electron chi connectivity index (χ1n) is 12.6. The van der Waals surface area contributed by atoms with Crippen molar-refractivity contribution in [3.63, 3.8) is 0 Å². The average Bonchev–Trinajstić information content (AvgIpc) is 3.32. The molecule has 2 aliphatic rings. The van der Waals surface area contributed by atoms with Crippen LogP contribution >= 0.6 is 0 Å². The molecule has 1 amide bonds. The normalized spacial score (nSPS) is 18.4. The molecule has 6 heteroatoms. The lowest BCUT2D eigenvalue weighted by Gasteiger charge is -2.36. The van der Waals surface area contributed by atoms with Gasteiger partial charge in [0.05, 0.1) is 24.0 Å². The standard InChI is InChI=1S/C30H33FN4O/c1-21-7-6-8-24(17-21)27-19-29(25-18-22(2)11-12-23(25)3)35(32-27)30(36)20-33-13-15-34(16-14-33)28-10-5-4-9-26(28)31/h4-12,17-18,29H,13-16,19-20H2,1-3H3/t29-/m1/s1. The Hall–Kier alpha value is -3.51. The van der Waals surface area contributed by atoms with E-state index < -0.39 is 0 Å². The smallest absolute Gasteiger partial charge is 0.257 e. The van der Waals surface area contributed by atoms with Crippen LogP contribution in [-0.2, 0) is 4.79 Å². The zero-order valence-electron chi connectivity index (χ0n) is 21.2. The van der Waals surface area contributed by atoms with E-state index in [4.69, 9.17) is 5.10 Å². The van der Waals surface area contributed by atoms with Crippen LogP contribution in [-0.4, -0.2) is 54.3 Å². The van der Waals surface area contributed by atoms with E-state index in [2.05, 4.69) is 67.0 Å². The van der Waals surface area contributed by atoms with Gasteiger partial charge in [-0.15, -0.1) is 0 Å². The summed E-state index contributed by atoms with van der Waals surface area (Å²) in [6.45, 7) is 9.35. The second-order valence-corrected chi connectivity index (χ2v) is 9.95. The number of hydrazone groups is 1. The van der Waals surface area contributed by atoms with E-state index in [9.17, 15) is 9.18 Å². The zero-order valence-corrected chi connectivity index (χ0v) is 21.2. The molecule has 186 valence electrons. The SMILES string of the molecule is Cc1cccc(C2=NN(C(=O)CN3CCN(c4ccccc4F)CC3)[C@@H](c3cc(C)ccc3C)C2)c1. The predicted octanol–water partition coefficient (Wildman–Crippen LogP) is 5.25. The van der Waals surface area contributed by atoms with Gasteiger partial charge in [0.1, 0.15) is 5.82 Å². The van der Waals surface area contributed by atoms with E-state index in [1.165, 1.54) is 22.8 Å². The minimum atomic E-state index is -0.200. The Morgan fingerprint density at radius 1 is 0.917 bits per heavy atom. The molecule has 1 saturated heterocycles. The molecular weight excluding hydrogens is 451 g/mol. The van der Waals surface area contributed by atoms with Crippen LogP contribution in [0.5, 0.6) is 0 Å². The van der Waals surface area contributed by atoms with Crippen LogP contribution in [0.3, 0.4) is 0 Å². The number of nitrogens with zero attached hydrogens (tertiary/aromatic N) is 4. The lowest BCUT2D eigenvalue weighted by atomic mass is 9.93. The molecule has 3 aromatic carbocycles. The Kier molecular flexibility index (Phi) is 6.88. The Balaban J connectivity index is 1.34. The number of anilines is 1. The highest BCUT2D eigenvalue weighted by molar-refractivity contribution is 6.03. The third-order valence-corrected chi connectivity index (χ3v) is 7.24. The molecule has 0 aromatic heterocycles. The molecule has 1 fully saturated rings. The number of hydrogen-bond donors (Lipinski definition) is 0. The van der Waals surface area contributed by atoms with E-state index in [0.29, 0.717) is 44.8 Å². The van der Waals surface area contributed by atoms with Gasteiger partial charge in [0.2, 0.25) is 0 Å². The van der Waals surface area contributed by atoms with Crippen molar-refractivity contribution in [3.8, 4) is 0 Å². The highest BCUT2D eigenvalue weighted by atomic mass is 19.1. The highest BCUT2D eigenvalue weighted by Gasteiger charge is 2.35. The maximum absolute atomic E-state index is 14.2. The van der Waals surface area contributed by atoms with Gasteiger partial charge in [0.15, 0.2) is 0 Å². The van der Waals surface area contributed by atoms with Gasteiger partial charge in [-0.2, -0.15) is 5.10 Å². The predicted molar refractivity (Wildman–Crippen MR) is 143 cm³/mol. The Bertz CT molecular complexity index is 1300. The summed E-state index contributed by atoms with van der Waals surface area (Å²) in [6, 6.07) is 21.5. The molecule has 0 bridgehead atoms. The average molecular weight is 485 g/mol. The van der Waals surface area contributed by atoms with Crippen LogP contribution in [0.2, 0.25) is 0 Å². The van der Waals surface area contributed by atoms with Crippen molar-refractivity contribution in [2.45, 2.75) is 33.2 Å². The Labute approximate surface area is 212 Å². The van der Waals surface area contributed by atoms with Crippen molar-refractivity contribution in [1.82, 2.24) is 9.91 Å². The van der Waals surface area contributed by atoms with Gasteiger partial charge in [-0.3, -0.25) is 9.69 Å². The summed E-state index contributed by atoms with van der Waals surface area (Å²) >= 11 is 0. The molecular formula is C30H33FN4O. The minimum absolute atomic E-state index is 0.00269. The maximum atomic E-state index is 14.2. The molecule has 2 aliphatic heterocycles.